The summed E-state index contributed by atoms with van der Waals surface area (Å²) >= 11 is 0. The molecule has 0 aliphatic carbocycles. The third kappa shape index (κ3) is 2.60. The Balaban J connectivity index is 1.83. The lowest BCUT2D eigenvalue weighted by molar-refractivity contribution is 0.0183. The number of hydrogen-bond donors (Lipinski definition) is 1. The molecule has 2 heterocycles. The van der Waals surface area contributed by atoms with Crippen LogP contribution in [0.5, 0.6) is 0 Å². The number of rotatable bonds is 1. The molecule has 2 saturated heterocycles. The van der Waals surface area contributed by atoms with E-state index < -0.39 is 0 Å². The van der Waals surface area contributed by atoms with Crippen LogP contribution in [-0.4, -0.2) is 56.0 Å². The summed E-state index contributed by atoms with van der Waals surface area (Å²) in [4.78, 5) is 13.7. The van der Waals surface area contributed by atoms with E-state index in [2.05, 4.69) is 5.32 Å². The molecule has 2 rings (SSSR count). The predicted octanol–water partition coefficient (Wildman–Crippen LogP) is 0.206. The molecular formula is C10H18N2O3. The second kappa shape index (κ2) is 4.81. The molecule has 15 heavy (non-hydrogen) atoms. The number of amides is 2. The van der Waals surface area contributed by atoms with Gasteiger partial charge in [0.1, 0.15) is 0 Å². The number of urea groups is 1. The highest BCUT2D eigenvalue weighted by Gasteiger charge is 2.26. The molecule has 2 fully saturated rings. The Morgan fingerprint density at radius 3 is 2.80 bits per heavy atom. The van der Waals surface area contributed by atoms with Crippen molar-refractivity contribution in [2.75, 3.05) is 33.0 Å². The zero-order valence-corrected chi connectivity index (χ0v) is 9.07. The summed E-state index contributed by atoms with van der Waals surface area (Å²) < 4.78 is 10.5. The Hall–Kier alpha value is -0.810. The van der Waals surface area contributed by atoms with E-state index in [1.807, 2.05) is 11.8 Å². The molecule has 2 aliphatic rings. The Labute approximate surface area is 89.7 Å². The normalized spacial score (nSPS) is 31.7. The van der Waals surface area contributed by atoms with Crippen LogP contribution in [0.1, 0.15) is 13.3 Å². The van der Waals surface area contributed by atoms with Gasteiger partial charge in [-0.05, 0) is 13.3 Å². The van der Waals surface area contributed by atoms with Gasteiger partial charge in [0, 0.05) is 13.2 Å². The van der Waals surface area contributed by atoms with E-state index in [0.717, 1.165) is 13.0 Å². The van der Waals surface area contributed by atoms with Crippen LogP contribution in [0.4, 0.5) is 4.79 Å². The minimum atomic E-state index is 0.0151. The average Bonchev–Trinajstić information content (AvgIpc) is 2.71. The molecule has 0 aromatic carbocycles. The van der Waals surface area contributed by atoms with Gasteiger partial charge in [-0.25, -0.2) is 4.79 Å². The molecule has 2 atom stereocenters. The number of ether oxygens (including phenoxy) is 2. The van der Waals surface area contributed by atoms with Crippen LogP contribution in [0.25, 0.3) is 0 Å². The van der Waals surface area contributed by atoms with Crippen LogP contribution in [0.15, 0.2) is 0 Å². The minimum Gasteiger partial charge on any atom is -0.379 e. The monoisotopic (exact) mass is 214 g/mol. The van der Waals surface area contributed by atoms with E-state index in [4.69, 9.17) is 9.47 Å². The van der Waals surface area contributed by atoms with Crippen molar-refractivity contribution >= 4 is 6.03 Å². The highest BCUT2D eigenvalue weighted by atomic mass is 16.5. The van der Waals surface area contributed by atoms with Gasteiger partial charge in [0.25, 0.3) is 0 Å². The predicted molar refractivity (Wildman–Crippen MR) is 54.7 cm³/mol. The fourth-order valence-electron chi connectivity index (χ4n) is 1.93. The lowest BCUT2D eigenvalue weighted by Crippen LogP contribution is -2.53. The van der Waals surface area contributed by atoms with Crippen LogP contribution in [0.2, 0.25) is 0 Å². The van der Waals surface area contributed by atoms with Gasteiger partial charge in [-0.15, -0.1) is 0 Å². The summed E-state index contributed by atoms with van der Waals surface area (Å²) in [6.07, 6.45) is 0.921. The highest BCUT2D eigenvalue weighted by Crippen LogP contribution is 2.09. The Kier molecular flexibility index (Phi) is 3.43. The van der Waals surface area contributed by atoms with Gasteiger partial charge in [0.2, 0.25) is 0 Å². The van der Waals surface area contributed by atoms with Crippen LogP contribution in [-0.2, 0) is 9.47 Å². The maximum absolute atomic E-state index is 11.9. The molecule has 1 N–H and O–H groups in total. The number of carbonyl (C=O) groups excluding carboxylic acids is 1. The quantitative estimate of drug-likeness (QED) is 0.678. The van der Waals surface area contributed by atoms with Gasteiger partial charge in [-0.2, -0.15) is 0 Å². The Bertz CT molecular complexity index is 229. The number of morpholine rings is 1. The summed E-state index contributed by atoms with van der Waals surface area (Å²) in [6, 6.07) is 0.370. The van der Waals surface area contributed by atoms with Gasteiger partial charge < -0.3 is 19.7 Å². The lowest BCUT2D eigenvalue weighted by Gasteiger charge is -2.33. The molecule has 86 valence electrons. The first-order chi connectivity index (χ1) is 7.27. The summed E-state index contributed by atoms with van der Waals surface area (Å²) in [5.41, 5.74) is 0. The molecule has 5 nitrogen and oxygen atoms in total. The minimum absolute atomic E-state index is 0.0151. The molecule has 1 unspecified atom stereocenters. The number of carbonyl (C=O) groups is 1. The molecule has 5 heteroatoms. The summed E-state index contributed by atoms with van der Waals surface area (Å²) in [5, 5.41) is 2.99. The van der Waals surface area contributed by atoms with Gasteiger partial charge in [0.15, 0.2) is 0 Å². The molecule has 0 spiro atoms. The van der Waals surface area contributed by atoms with Crippen molar-refractivity contribution in [1.82, 2.24) is 10.2 Å². The van der Waals surface area contributed by atoms with Crippen molar-refractivity contribution in [3.05, 3.63) is 0 Å². The van der Waals surface area contributed by atoms with Crippen molar-refractivity contribution in [2.45, 2.75) is 25.4 Å². The second-order valence-corrected chi connectivity index (χ2v) is 4.13. The van der Waals surface area contributed by atoms with E-state index in [1.54, 1.807) is 0 Å². The lowest BCUT2D eigenvalue weighted by atomic mass is 10.2. The Morgan fingerprint density at radius 2 is 2.13 bits per heavy atom. The zero-order valence-electron chi connectivity index (χ0n) is 9.07. The van der Waals surface area contributed by atoms with Gasteiger partial charge in [-0.3, -0.25) is 0 Å². The van der Waals surface area contributed by atoms with Crippen molar-refractivity contribution in [3.63, 3.8) is 0 Å². The van der Waals surface area contributed by atoms with Crippen LogP contribution in [0, 0.1) is 0 Å². The Morgan fingerprint density at radius 1 is 1.33 bits per heavy atom. The van der Waals surface area contributed by atoms with E-state index in [-0.39, 0.29) is 18.1 Å². The molecule has 0 saturated carbocycles. The maximum atomic E-state index is 11.9. The van der Waals surface area contributed by atoms with E-state index in [1.165, 1.54) is 0 Å². The van der Waals surface area contributed by atoms with Crippen molar-refractivity contribution < 1.29 is 14.3 Å². The molecule has 2 amide bonds. The zero-order chi connectivity index (χ0) is 10.7. The van der Waals surface area contributed by atoms with Crippen molar-refractivity contribution in [1.29, 1.82) is 0 Å². The van der Waals surface area contributed by atoms with Crippen molar-refractivity contribution in [3.8, 4) is 0 Å². The largest absolute Gasteiger partial charge is 0.379 e. The first kappa shape index (κ1) is 10.7. The molecular weight excluding hydrogens is 196 g/mol. The van der Waals surface area contributed by atoms with Gasteiger partial charge in [0.05, 0.1) is 31.9 Å². The van der Waals surface area contributed by atoms with E-state index >= 15 is 0 Å². The maximum Gasteiger partial charge on any atom is 0.318 e. The molecule has 2 aliphatic heterocycles. The van der Waals surface area contributed by atoms with Crippen molar-refractivity contribution in [2.24, 2.45) is 0 Å². The number of nitrogens with one attached hydrogen (secondary N) is 1. The number of hydrogen-bond acceptors (Lipinski definition) is 3. The summed E-state index contributed by atoms with van der Waals surface area (Å²) in [6.45, 7) is 5.35. The molecule has 0 aromatic heterocycles. The second-order valence-electron chi connectivity index (χ2n) is 4.13. The molecule has 0 aromatic rings. The molecule has 0 radical (unpaired) electrons. The topological polar surface area (TPSA) is 50.8 Å². The fourth-order valence-corrected chi connectivity index (χ4v) is 1.93. The van der Waals surface area contributed by atoms with Gasteiger partial charge >= 0.3 is 6.03 Å². The average molecular weight is 214 g/mol. The SMILES string of the molecule is C[C@@H]1COCCN1C(=O)NC1CCOC1. The third-order valence-corrected chi connectivity index (χ3v) is 2.89. The third-order valence-electron chi connectivity index (χ3n) is 2.89. The molecule has 0 bridgehead atoms. The van der Waals surface area contributed by atoms with Crippen LogP contribution >= 0.6 is 0 Å². The number of nitrogens with zero attached hydrogens (tertiary/aromatic N) is 1. The summed E-state index contributed by atoms with van der Waals surface area (Å²) in [5.74, 6) is 0. The highest BCUT2D eigenvalue weighted by molar-refractivity contribution is 5.75. The standard InChI is InChI=1S/C10H18N2O3/c1-8-6-15-5-3-12(8)10(13)11-9-2-4-14-7-9/h8-9H,2-7H2,1H3,(H,11,13)/t8-,9?/m1/s1. The van der Waals surface area contributed by atoms with Gasteiger partial charge in [-0.1, -0.05) is 0 Å². The first-order valence-electron chi connectivity index (χ1n) is 5.50. The van der Waals surface area contributed by atoms with Crippen LogP contribution < -0.4 is 5.32 Å². The smallest absolute Gasteiger partial charge is 0.318 e. The van der Waals surface area contributed by atoms with Crippen LogP contribution in [0.3, 0.4) is 0 Å². The first-order valence-corrected chi connectivity index (χ1v) is 5.50. The fraction of sp³-hybridized carbons (Fsp3) is 0.900. The van der Waals surface area contributed by atoms with E-state index in [0.29, 0.717) is 26.4 Å². The van der Waals surface area contributed by atoms with E-state index in [9.17, 15) is 4.79 Å². The summed E-state index contributed by atoms with van der Waals surface area (Å²) in [7, 11) is 0.